The van der Waals surface area contributed by atoms with Gasteiger partial charge in [-0.1, -0.05) is 6.08 Å². The summed E-state index contributed by atoms with van der Waals surface area (Å²) in [7, 11) is 1.95. The quantitative estimate of drug-likeness (QED) is 0.692. The smallest absolute Gasteiger partial charge is 0.0637 e. The molecule has 1 rings (SSSR count). The van der Waals surface area contributed by atoms with Crippen molar-refractivity contribution in [3.8, 4) is 0 Å². The Morgan fingerprint density at radius 1 is 1.67 bits per heavy atom. The molecule has 3 nitrogen and oxygen atoms in total. The number of rotatable bonds is 7. The third-order valence-electron chi connectivity index (χ3n) is 2.45. The zero-order valence-corrected chi connectivity index (χ0v) is 9.74. The molecule has 0 amide bonds. The lowest BCUT2D eigenvalue weighted by Crippen LogP contribution is -2.27. The fourth-order valence-corrected chi connectivity index (χ4v) is 1.51. The van der Waals surface area contributed by atoms with Crippen LogP contribution in [0.5, 0.6) is 0 Å². The molecule has 1 unspecified atom stereocenters. The second kappa shape index (κ2) is 6.40. The van der Waals surface area contributed by atoms with E-state index in [0.717, 1.165) is 31.5 Å². The lowest BCUT2D eigenvalue weighted by atomic mass is 10.2. The highest BCUT2D eigenvalue weighted by atomic mass is 15.2. The highest BCUT2D eigenvalue weighted by Gasteiger charge is 2.00. The van der Waals surface area contributed by atoms with Crippen LogP contribution in [0, 0.1) is 0 Å². The van der Waals surface area contributed by atoms with Crippen LogP contribution in [-0.4, -0.2) is 22.4 Å². The lowest BCUT2D eigenvalue weighted by Gasteiger charge is -2.11. The number of hydrogen-bond donors (Lipinski definition) is 1. The Hall–Kier alpha value is -1.09. The van der Waals surface area contributed by atoms with Gasteiger partial charge in [0.25, 0.3) is 0 Å². The zero-order chi connectivity index (χ0) is 11.1. The van der Waals surface area contributed by atoms with Gasteiger partial charge >= 0.3 is 0 Å². The molecule has 0 fully saturated rings. The van der Waals surface area contributed by atoms with E-state index < -0.39 is 0 Å². The standard InChI is InChI=1S/C12H21N3/c1-4-5-6-11(2)13-9-7-12-8-10-15(3)14-12/h4,8,10-11,13H,1,5-7,9H2,2-3H3. The van der Waals surface area contributed by atoms with E-state index in [1.54, 1.807) is 0 Å². The minimum absolute atomic E-state index is 0.562. The third-order valence-corrected chi connectivity index (χ3v) is 2.45. The van der Waals surface area contributed by atoms with Gasteiger partial charge in [0.2, 0.25) is 0 Å². The van der Waals surface area contributed by atoms with Gasteiger partial charge in [-0.3, -0.25) is 4.68 Å². The Morgan fingerprint density at radius 3 is 3.07 bits per heavy atom. The first kappa shape index (κ1) is 12.0. The SMILES string of the molecule is C=CCCC(C)NCCc1ccn(C)n1. The summed E-state index contributed by atoms with van der Waals surface area (Å²) in [4.78, 5) is 0. The molecule has 1 aromatic heterocycles. The van der Waals surface area contributed by atoms with Gasteiger partial charge < -0.3 is 5.32 Å². The molecule has 0 aliphatic rings. The van der Waals surface area contributed by atoms with Crippen LogP contribution < -0.4 is 5.32 Å². The van der Waals surface area contributed by atoms with Crippen molar-refractivity contribution >= 4 is 0 Å². The van der Waals surface area contributed by atoms with Crippen molar-refractivity contribution in [1.82, 2.24) is 15.1 Å². The Labute approximate surface area is 92.2 Å². The average molecular weight is 207 g/mol. The molecule has 1 atom stereocenters. The molecule has 0 aliphatic heterocycles. The summed E-state index contributed by atoms with van der Waals surface area (Å²) in [6.45, 7) is 6.93. The molecule has 0 saturated heterocycles. The van der Waals surface area contributed by atoms with E-state index >= 15 is 0 Å². The number of aromatic nitrogens is 2. The maximum atomic E-state index is 4.33. The first-order valence-corrected chi connectivity index (χ1v) is 5.55. The zero-order valence-electron chi connectivity index (χ0n) is 9.74. The van der Waals surface area contributed by atoms with Crippen LogP contribution in [0.15, 0.2) is 24.9 Å². The number of allylic oxidation sites excluding steroid dienone is 1. The molecule has 0 saturated carbocycles. The highest BCUT2D eigenvalue weighted by Crippen LogP contribution is 1.98. The fraction of sp³-hybridized carbons (Fsp3) is 0.583. The predicted molar refractivity (Wildman–Crippen MR) is 63.8 cm³/mol. The van der Waals surface area contributed by atoms with Crippen molar-refractivity contribution in [3.63, 3.8) is 0 Å². The van der Waals surface area contributed by atoms with E-state index in [9.17, 15) is 0 Å². The second-order valence-electron chi connectivity index (χ2n) is 3.95. The Bertz CT molecular complexity index is 291. The largest absolute Gasteiger partial charge is 0.314 e. The van der Waals surface area contributed by atoms with Crippen molar-refractivity contribution < 1.29 is 0 Å². The van der Waals surface area contributed by atoms with Crippen LogP contribution in [0.2, 0.25) is 0 Å². The molecule has 0 aliphatic carbocycles. The number of hydrogen-bond acceptors (Lipinski definition) is 2. The molecular formula is C12H21N3. The summed E-state index contributed by atoms with van der Waals surface area (Å²) in [6, 6.07) is 2.63. The summed E-state index contributed by atoms with van der Waals surface area (Å²) in [5.41, 5.74) is 1.15. The molecule has 15 heavy (non-hydrogen) atoms. The minimum Gasteiger partial charge on any atom is -0.314 e. The van der Waals surface area contributed by atoms with E-state index in [1.165, 1.54) is 0 Å². The topological polar surface area (TPSA) is 29.9 Å². The van der Waals surface area contributed by atoms with Crippen LogP contribution in [0.25, 0.3) is 0 Å². The van der Waals surface area contributed by atoms with E-state index in [4.69, 9.17) is 0 Å². The maximum Gasteiger partial charge on any atom is 0.0637 e. The van der Waals surface area contributed by atoms with Crippen LogP contribution in [0.3, 0.4) is 0 Å². The van der Waals surface area contributed by atoms with E-state index in [-0.39, 0.29) is 0 Å². The summed E-state index contributed by atoms with van der Waals surface area (Å²) in [6.07, 6.45) is 7.19. The monoisotopic (exact) mass is 207 g/mol. The molecular weight excluding hydrogens is 186 g/mol. The van der Waals surface area contributed by atoms with E-state index in [2.05, 4.69) is 30.0 Å². The van der Waals surface area contributed by atoms with Gasteiger partial charge in [-0.15, -0.1) is 6.58 Å². The second-order valence-corrected chi connectivity index (χ2v) is 3.95. The van der Waals surface area contributed by atoms with Gasteiger partial charge in [-0.25, -0.2) is 0 Å². The molecule has 0 bridgehead atoms. The van der Waals surface area contributed by atoms with Gasteiger partial charge in [-0.2, -0.15) is 5.10 Å². The van der Waals surface area contributed by atoms with Crippen molar-refractivity contribution in [1.29, 1.82) is 0 Å². The van der Waals surface area contributed by atoms with Gasteiger partial charge in [-0.05, 0) is 25.8 Å². The van der Waals surface area contributed by atoms with Crippen LogP contribution >= 0.6 is 0 Å². The predicted octanol–water partition coefficient (Wildman–Crippen LogP) is 1.91. The van der Waals surface area contributed by atoms with E-state index in [0.29, 0.717) is 6.04 Å². The van der Waals surface area contributed by atoms with Crippen LogP contribution in [0.1, 0.15) is 25.5 Å². The first-order chi connectivity index (χ1) is 7.22. The van der Waals surface area contributed by atoms with Crippen molar-refractivity contribution in [2.75, 3.05) is 6.54 Å². The highest BCUT2D eigenvalue weighted by molar-refractivity contribution is 4.99. The number of nitrogens with one attached hydrogen (secondary N) is 1. The molecule has 3 heteroatoms. The normalized spacial score (nSPS) is 12.7. The maximum absolute atomic E-state index is 4.33. The van der Waals surface area contributed by atoms with Crippen molar-refractivity contribution in [2.45, 2.75) is 32.2 Å². The Kier molecular flexibility index (Phi) is 5.12. The summed E-state index contributed by atoms with van der Waals surface area (Å²) >= 11 is 0. The average Bonchev–Trinajstić information content (AvgIpc) is 2.61. The van der Waals surface area contributed by atoms with E-state index in [1.807, 2.05) is 24.0 Å². The number of aryl methyl sites for hydroxylation is 1. The Morgan fingerprint density at radius 2 is 2.47 bits per heavy atom. The van der Waals surface area contributed by atoms with Gasteiger partial charge in [0.05, 0.1) is 5.69 Å². The van der Waals surface area contributed by atoms with Gasteiger partial charge in [0, 0.05) is 32.3 Å². The van der Waals surface area contributed by atoms with Gasteiger partial charge in [0.15, 0.2) is 0 Å². The minimum atomic E-state index is 0.562. The molecule has 1 heterocycles. The third kappa shape index (κ3) is 4.79. The van der Waals surface area contributed by atoms with Gasteiger partial charge in [0.1, 0.15) is 0 Å². The summed E-state index contributed by atoms with van der Waals surface area (Å²) in [5.74, 6) is 0. The summed E-state index contributed by atoms with van der Waals surface area (Å²) < 4.78 is 1.84. The first-order valence-electron chi connectivity index (χ1n) is 5.55. The van der Waals surface area contributed by atoms with Crippen molar-refractivity contribution in [2.24, 2.45) is 7.05 Å². The van der Waals surface area contributed by atoms with Crippen LogP contribution in [-0.2, 0) is 13.5 Å². The Balaban J connectivity index is 2.13. The molecule has 1 aromatic rings. The molecule has 0 spiro atoms. The lowest BCUT2D eigenvalue weighted by molar-refractivity contribution is 0.518. The summed E-state index contributed by atoms with van der Waals surface area (Å²) in [5, 5.41) is 7.81. The fourth-order valence-electron chi connectivity index (χ4n) is 1.51. The molecule has 1 N–H and O–H groups in total. The number of nitrogens with zero attached hydrogens (tertiary/aromatic N) is 2. The molecule has 84 valence electrons. The molecule has 0 aromatic carbocycles. The van der Waals surface area contributed by atoms with Crippen molar-refractivity contribution in [3.05, 3.63) is 30.6 Å². The molecule has 0 radical (unpaired) electrons. The van der Waals surface area contributed by atoms with Crippen LogP contribution in [0.4, 0.5) is 0 Å².